The largest absolute Gasteiger partial charge is 0.356 e. The van der Waals surface area contributed by atoms with Crippen LogP contribution in [0.25, 0.3) is 0 Å². The number of benzene rings is 1. The van der Waals surface area contributed by atoms with Crippen molar-refractivity contribution in [3.63, 3.8) is 0 Å². The summed E-state index contributed by atoms with van der Waals surface area (Å²) < 4.78 is 0.970. The molecule has 2 atom stereocenters. The molecule has 1 aromatic rings. The first-order chi connectivity index (χ1) is 11.0. The van der Waals surface area contributed by atoms with E-state index in [-0.39, 0.29) is 24.3 Å². The van der Waals surface area contributed by atoms with Crippen molar-refractivity contribution in [2.45, 2.75) is 32.2 Å². The lowest BCUT2D eigenvalue weighted by atomic mass is 10.0. The van der Waals surface area contributed by atoms with E-state index in [9.17, 15) is 9.59 Å². The van der Waals surface area contributed by atoms with Gasteiger partial charge in [-0.25, -0.2) is 0 Å². The third kappa shape index (κ3) is 6.31. The topological polar surface area (TPSA) is 70.2 Å². The molecule has 1 aliphatic rings. The van der Waals surface area contributed by atoms with Crippen LogP contribution in [0.4, 0.5) is 0 Å². The van der Waals surface area contributed by atoms with Crippen LogP contribution in [0.15, 0.2) is 28.7 Å². The van der Waals surface area contributed by atoms with Crippen molar-refractivity contribution in [3.8, 4) is 0 Å². The molecule has 5 nitrogen and oxygen atoms in total. The molecule has 1 aliphatic heterocycles. The second kappa shape index (κ2) is 9.03. The minimum absolute atomic E-state index is 0.0300. The van der Waals surface area contributed by atoms with Gasteiger partial charge in [-0.05, 0) is 49.5 Å². The van der Waals surface area contributed by atoms with E-state index in [4.69, 9.17) is 0 Å². The Kier molecular flexibility index (Phi) is 7.05. The first-order valence-electron chi connectivity index (χ1n) is 8.04. The second-order valence-corrected chi connectivity index (χ2v) is 6.92. The Morgan fingerprint density at radius 1 is 1.35 bits per heavy atom. The van der Waals surface area contributed by atoms with Gasteiger partial charge in [0.2, 0.25) is 11.8 Å². The standard InChI is InChI=1S/C17H24BrN3O2/c1-12(22)21-16(14-2-4-15(18)5-3-14)10-17(23)20-9-7-13-6-8-19-11-13/h2-5,13,16,19H,6-11H2,1H3,(H,20,23)(H,21,22). The Labute approximate surface area is 145 Å². The van der Waals surface area contributed by atoms with Crippen LogP contribution in [0, 0.1) is 5.92 Å². The van der Waals surface area contributed by atoms with Crippen molar-refractivity contribution in [1.29, 1.82) is 0 Å². The molecule has 2 unspecified atom stereocenters. The Bertz CT molecular complexity index is 527. The number of halogens is 1. The third-order valence-electron chi connectivity index (χ3n) is 4.08. The van der Waals surface area contributed by atoms with Gasteiger partial charge in [-0.3, -0.25) is 9.59 Å². The fraction of sp³-hybridized carbons (Fsp3) is 0.529. The SMILES string of the molecule is CC(=O)NC(CC(=O)NCCC1CCNC1)c1ccc(Br)cc1. The van der Waals surface area contributed by atoms with E-state index >= 15 is 0 Å². The predicted octanol–water partition coefficient (Wildman–Crippen LogP) is 2.13. The predicted molar refractivity (Wildman–Crippen MR) is 93.9 cm³/mol. The maximum Gasteiger partial charge on any atom is 0.222 e. The number of amides is 2. The summed E-state index contributed by atoms with van der Waals surface area (Å²) in [5, 5.41) is 9.15. The average Bonchev–Trinajstić information content (AvgIpc) is 3.00. The van der Waals surface area contributed by atoms with Gasteiger partial charge in [-0.1, -0.05) is 28.1 Å². The molecule has 0 spiro atoms. The summed E-state index contributed by atoms with van der Waals surface area (Å²) in [7, 11) is 0. The molecule has 0 saturated carbocycles. The highest BCUT2D eigenvalue weighted by Gasteiger charge is 2.18. The monoisotopic (exact) mass is 381 g/mol. The molecule has 0 radical (unpaired) electrons. The van der Waals surface area contributed by atoms with E-state index in [2.05, 4.69) is 31.9 Å². The highest BCUT2D eigenvalue weighted by molar-refractivity contribution is 9.10. The maximum absolute atomic E-state index is 12.2. The van der Waals surface area contributed by atoms with E-state index in [1.807, 2.05) is 24.3 Å². The summed E-state index contributed by atoms with van der Waals surface area (Å²) in [6, 6.07) is 7.36. The molecule has 1 fully saturated rings. The summed E-state index contributed by atoms with van der Waals surface area (Å²) in [6.45, 7) is 4.28. The fourth-order valence-corrected chi connectivity index (χ4v) is 3.09. The molecule has 2 rings (SSSR count). The molecule has 2 amide bonds. The summed E-state index contributed by atoms with van der Waals surface area (Å²) >= 11 is 3.39. The molecule has 1 saturated heterocycles. The van der Waals surface area contributed by atoms with Crippen molar-refractivity contribution in [3.05, 3.63) is 34.3 Å². The molecule has 0 aliphatic carbocycles. The number of carbonyl (C=O) groups excluding carboxylic acids is 2. The lowest BCUT2D eigenvalue weighted by Crippen LogP contribution is -2.33. The van der Waals surface area contributed by atoms with Crippen molar-refractivity contribution in [2.75, 3.05) is 19.6 Å². The van der Waals surface area contributed by atoms with E-state index < -0.39 is 0 Å². The minimum Gasteiger partial charge on any atom is -0.356 e. The Balaban J connectivity index is 1.84. The number of rotatable bonds is 7. The summed E-state index contributed by atoms with van der Waals surface area (Å²) in [6.07, 6.45) is 2.44. The van der Waals surface area contributed by atoms with Crippen molar-refractivity contribution < 1.29 is 9.59 Å². The average molecular weight is 382 g/mol. The van der Waals surface area contributed by atoms with Gasteiger partial charge in [0, 0.05) is 17.9 Å². The minimum atomic E-state index is -0.297. The molecule has 23 heavy (non-hydrogen) atoms. The van der Waals surface area contributed by atoms with Gasteiger partial charge in [0.15, 0.2) is 0 Å². The van der Waals surface area contributed by atoms with Gasteiger partial charge < -0.3 is 16.0 Å². The number of hydrogen-bond acceptors (Lipinski definition) is 3. The van der Waals surface area contributed by atoms with Gasteiger partial charge in [0.1, 0.15) is 0 Å². The van der Waals surface area contributed by atoms with Crippen LogP contribution in [-0.2, 0) is 9.59 Å². The summed E-state index contributed by atoms with van der Waals surface area (Å²) in [5.41, 5.74) is 0.929. The van der Waals surface area contributed by atoms with Crippen LogP contribution in [0.5, 0.6) is 0 Å². The number of carbonyl (C=O) groups is 2. The van der Waals surface area contributed by atoms with E-state index in [1.165, 1.54) is 13.3 Å². The zero-order chi connectivity index (χ0) is 16.7. The Hall–Kier alpha value is -1.40. The van der Waals surface area contributed by atoms with E-state index in [0.29, 0.717) is 12.5 Å². The molecule has 0 bridgehead atoms. The summed E-state index contributed by atoms with van der Waals surface area (Å²) in [4.78, 5) is 23.6. The van der Waals surface area contributed by atoms with Crippen LogP contribution in [0.1, 0.15) is 37.8 Å². The molecule has 0 aromatic heterocycles. The summed E-state index contributed by atoms with van der Waals surface area (Å²) in [5.74, 6) is 0.494. The smallest absolute Gasteiger partial charge is 0.222 e. The Morgan fingerprint density at radius 2 is 2.09 bits per heavy atom. The van der Waals surface area contributed by atoms with Crippen molar-refractivity contribution >= 4 is 27.7 Å². The zero-order valence-corrected chi connectivity index (χ0v) is 15.0. The van der Waals surface area contributed by atoms with Crippen LogP contribution in [0.3, 0.4) is 0 Å². The van der Waals surface area contributed by atoms with E-state index in [0.717, 1.165) is 29.5 Å². The molecular weight excluding hydrogens is 358 g/mol. The van der Waals surface area contributed by atoms with Crippen LogP contribution in [-0.4, -0.2) is 31.4 Å². The normalized spacial score (nSPS) is 18.4. The highest BCUT2D eigenvalue weighted by Crippen LogP contribution is 2.20. The molecule has 1 aromatic carbocycles. The van der Waals surface area contributed by atoms with Crippen LogP contribution in [0.2, 0.25) is 0 Å². The first-order valence-corrected chi connectivity index (χ1v) is 8.84. The molecule has 6 heteroatoms. The maximum atomic E-state index is 12.2. The molecule has 1 heterocycles. The molecule has 126 valence electrons. The molecular formula is C17H24BrN3O2. The van der Waals surface area contributed by atoms with Crippen LogP contribution < -0.4 is 16.0 Å². The second-order valence-electron chi connectivity index (χ2n) is 6.01. The quantitative estimate of drug-likeness (QED) is 0.677. The van der Waals surface area contributed by atoms with Crippen molar-refractivity contribution in [1.82, 2.24) is 16.0 Å². The van der Waals surface area contributed by atoms with Crippen LogP contribution >= 0.6 is 15.9 Å². The van der Waals surface area contributed by atoms with Gasteiger partial charge in [0.05, 0.1) is 12.5 Å². The van der Waals surface area contributed by atoms with Gasteiger partial charge in [-0.2, -0.15) is 0 Å². The lowest BCUT2D eigenvalue weighted by molar-refractivity contribution is -0.122. The van der Waals surface area contributed by atoms with Gasteiger partial charge in [-0.15, -0.1) is 0 Å². The number of hydrogen-bond donors (Lipinski definition) is 3. The molecule has 3 N–H and O–H groups in total. The highest BCUT2D eigenvalue weighted by atomic mass is 79.9. The van der Waals surface area contributed by atoms with Crippen molar-refractivity contribution in [2.24, 2.45) is 5.92 Å². The van der Waals surface area contributed by atoms with Gasteiger partial charge in [0.25, 0.3) is 0 Å². The zero-order valence-electron chi connectivity index (χ0n) is 13.4. The van der Waals surface area contributed by atoms with E-state index in [1.54, 1.807) is 0 Å². The fourth-order valence-electron chi connectivity index (χ4n) is 2.83. The first kappa shape index (κ1) is 17.9. The number of nitrogens with one attached hydrogen (secondary N) is 3. The Morgan fingerprint density at radius 3 is 2.70 bits per heavy atom. The van der Waals surface area contributed by atoms with Gasteiger partial charge >= 0.3 is 0 Å². The lowest BCUT2D eigenvalue weighted by Gasteiger charge is -2.18. The third-order valence-corrected chi connectivity index (χ3v) is 4.61.